The van der Waals surface area contributed by atoms with E-state index < -0.39 is 0 Å². The number of aliphatic hydroxyl groups is 1. The predicted molar refractivity (Wildman–Crippen MR) is 117 cm³/mol. The number of pyridine rings is 1. The second-order valence-electron chi connectivity index (χ2n) is 7.85. The van der Waals surface area contributed by atoms with Gasteiger partial charge in [-0.25, -0.2) is 9.97 Å². The maximum atomic E-state index is 9.22. The van der Waals surface area contributed by atoms with Crippen LogP contribution >= 0.6 is 0 Å². The van der Waals surface area contributed by atoms with Gasteiger partial charge in [-0.15, -0.1) is 0 Å². The first-order valence-corrected chi connectivity index (χ1v) is 10.4. The van der Waals surface area contributed by atoms with Gasteiger partial charge in [0.1, 0.15) is 11.5 Å². The van der Waals surface area contributed by atoms with Crippen molar-refractivity contribution in [3.63, 3.8) is 0 Å². The Morgan fingerprint density at radius 1 is 1.28 bits per heavy atom. The number of nitrogens with zero attached hydrogens (tertiary/aromatic N) is 3. The molecule has 1 atom stereocenters. The summed E-state index contributed by atoms with van der Waals surface area (Å²) < 4.78 is 0. The van der Waals surface area contributed by atoms with Crippen LogP contribution in [0.4, 0.5) is 5.82 Å². The first kappa shape index (κ1) is 21.2. The molecule has 156 valence electrons. The minimum Gasteiger partial charge on any atom is -0.390 e. The van der Waals surface area contributed by atoms with Crippen molar-refractivity contribution in [3.8, 4) is 11.3 Å². The molecule has 1 aliphatic carbocycles. The highest BCUT2D eigenvalue weighted by Gasteiger charge is 2.37. The Hall–Kier alpha value is -2.51. The van der Waals surface area contributed by atoms with E-state index in [-0.39, 0.29) is 12.4 Å². The number of nitrogen functional groups attached to an aromatic ring is 1. The van der Waals surface area contributed by atoms with Gasteiger partial charge in [0.05, 0.1) is 29.0 Å². The lowest BCUT2D eigenvalue weighted by Crippen LogP contribution is -2.35. The maximum Gasteiger partial charge on any atom is 0.147 e. The number of aromatic amines is 1. The number of rotatable bonds is 4. The fraction of sp³-hybridized carbons (Fsp3) is 0.500. The summed E-state index contributed by atoms with van der Waals surface area (Å²) in [6.45, 7) is 6.15. The van der Waals surface area contributed by atoms with Crippen LogP contribution in [0.3, 0.4) is 0 Å². The van der Waals surface area contributed by atoms with Crippen molar-refractivity contribution in [1.29, 1.82) is 0 Å². The Labute approximate surface area is 172 Å². The third-order valence-corrected chi connectivity index (χ3v) is 6.38. The van der Waals surface area contributed by atoms with Gasteiger partial charge in [0.2, 0.25) is 0 Å². The average molecular weight is 397 g/mol. The highest BCUT2D eigenvalue weighted by Crippen LogP contribution is 2.42. The summed E-state index contributed by atoms with van der Waals surface area (Å²) in [4.78, 5) is 16.0. The molecule has 4 rings (SSSR count). The van der Waals surface area contributed by atoms with Gasteiger partial charge in [-0.2, -0.15) is 0 Å². The lowest BCUT2D eigenvalue weighted by Gasteiger charge is -2.30. The summed E-state index contributed by atoms with van der Waals surface area (Å²) in [6.07, 6.45) is 10.1. The zero-order valence-corrected chi connectivity index (χ0v) is 17.6. The van der Waals surface area contributed by atoms with E-state index in [2.05, 4.69) is 33.8 Å². The van der Waals surface area contributed by atoms with Crippen molar-refractivity contribution in [2.24, 2.45) is 11.1 Å². The molecule has 0 unspecified atom stereocenters. The number of H-pyrrole nitrogens is 1. The Morgan fingerprint density at radius 3 is 2.62 bits per heavy atom. The molecule has 0 bridgehead atoms. The van der Waals surface area contributed by atoms with E-state index in [0.29, 0.717) is 28.5 Å². The molecule has 0 saturated heterocycles. The first-order valence-electron chi connectivity index (χ1n) is 10.4. The number of aliphatic hydroxyl groups excluding tert-OH is 1. The van der Waals surface area contributed by atoms with E-state index in [1.807, 2.05) is 25.3 Å². The smallest absolute Gasteiger partial charge is 0.147 e. The van der Waals surface area contributed by atoms with Gasteiger partial charge >= 0.3 is 0 Å². The van der Waals surface area contributed by atoms with Crippen molar-refractivity contribution in [3.05, 3.63) is 35.9 Å². The third-order valence-electron chi connectivity index (χ3n) is 6.38. The third kappa shape index (κ3) is 4.26. The molecule has 7 nitrogen and oxygen atoms in total. The maximum absolute atomic E-state index is 9.22. The molecular formula is C22H32N6O. The van der Waals surface area contributed by atoms with E-state index in [4.69, 9.17) is 11.5 Å². The molecule has 0 spiro atoms. The minimum atomic E-state index is -0.232. The number of hydrogen-bond acceptors (Lipinski definition) is 6. The molecule has 3 aromatic rings. The Balaban J connectivity index is 0.000000204. The molecule has 0 amide bonds. The predicted octanol–water partition coefficient (Wildman–Crippen LogP) is 3.71. The van der Waals surface area contributed by atoms with Crippen molar-refractivity contribution in [1.82, 2.24) is 19.9 Å². The van der Waals surface area contributed by atoms with Crippen molar-refractivity contribution < 1.29 is 5.11 Å². The number of aryl methyl sites for hydroxylation is 1. The van der Waals surface area contributed by atoms with Crippen LogP contribution in [0.1, 0.15) is 57.3 Å². The summed E-state index contributed by atoms with van der Waals surface area (Å²) >= 11 is 0. The second-order valence-corrected chi connectivity index (χ2v) is 7.85. The van der Waals surface area contributed by atoms with Gasteiger partial charge < -0.3 is 21.6 Å². The molecule has 1 saturated carbocycles. The SMILES string of the molecule is CCC1(CC)CCC[C@H]1N.Cc1nc(N)c(CO)nc1-c1cnc2cc[nH]c2c1. The zero-order chi connectivity index (χ0) is 21.0. The molecule has 29 heavy (non-hydrogen) atoms. The molecule has 7 heteroatoms. The average Bonchev–Trinajstić information content (AvgIpc) is 3.34. The quantitative estimate of drug-likeness (QED) is 0.532. The highest BCUT2D eigenvalue weighted by atomic mass is 16.3. The number of fused-ring (bicyclic) bond motifs is 1. The van der Waals surface area contributed by atoms with Crippen LogP contribution in [0.2, 0.25) is 0 Å². The van der Waals surface area contributed by atoms with Crippen LogP contribution < -0.4 is 11.5 Å². The largest absolute Gasteiger partial charge is 0.390 e. The van der Waals surface area contributed by atoms with Crippen molar-refractivity contribution in [2.45, 2.75) is 65.5 Å². The van der Waals surface area contributed by atoms with Crippen LogP contribution in [0.5, 0.6) is 0 Å². The van der Waals surface area contributed by atoms with Gasteiger partial charge in [-0.1, -0.05) is 20.3 Å². The molecule has 0 aromatic carbocycles. The molecule has 0 radical (unpaired) electrons. The second kappa shape index (κ2) is 8.88. The Bertz CT molecular complexity index is 963. The Kier molecular flexibility index (Phi) is 6.49. The summed E-state index contributed by atoms with van der Waals surface area (Å²) in [5, 5.41) is 9.22. The summed E-state index contributed by atoms with van der Waals surface area (Å²) in [6, 6.07) is 4.35. The van der Waals surface area contributed by atoms with E-state index >= 15 is 0 Å². The molecule has 3 aromatic heterocycles. The number of hydrogen-bond donors (Lipinski definition) is 4. The van der Waals surface area contributed by atoms with Gasteiger partial charge in [0.25, 0.3) is 0 Å². The summed E-state index contributed by atoms with van der Waals surface area (Å²) in [7, 11) is 0. The normalized spacial score (nSPS) is 17.9. The fourth-order valence-electron chi connectivity index (χ4n) is 4.32. The monoisotopic (exact) mass is 396 g/mol. The molecule has 3 heterocycles. The zero-order valence-electron chi connectivity index (χ0n) is 17.6. The molecule has 1 fully saturated rings. The van der Waals surface area contributed by atoms with E-state index in [1.54, 1.807) is 6.20 Å². The van der Waals surface area contributed by atoms with Crippen LogP contribution in [-0.2, 0) is 6.61 Å². The standard InChI is InChI=1S/C13H13N5O.C9H19N/c1-7-12(18-11(6-19)13(14)17-7)8-4-10-9(16-5-8)2-3-15-10;1-3-9(4-2)7-5-6-8(9)10/h2-5,15,19H,6H2,1H3,(H2,14,17);8H,3-7,10H2,1-2H3/t;8-/m.1/s1. The minimum absolute atomic E-state index is 0.232. The number of anilines is 1. The van der Waals surface area contributed by atoms with Crippen molar-refractivity contribution >= 4 is 16.9 Å². The van der Waals surface area contributed by atoms with E-state index in [1.165, 1.54) is 32.1 Å². The van der Waals surface area contributed by atoms with Crippen LogP contribution in [0.25, 0.3) is 22.3 Å². The topological polar surface area (TPSA) is 127 Å². The molecular weight excluding hydrogens is 364 g/mol. The number of nitrogens with two attached hydrogens (primary N) is 2. The lowest BCUT2D eigenvalue weighted by atomic mass is 9.78. The van der Waals surface area contributed by atoms with Gasteiger partial charge in [-0.05, 0) is 50.2 Å². The highest BCUT2D eigenvalue weighted by molar-refractivity contribution is 5.80. The van der Waals surface area contributed by atoms with Gasteiger partial charge in [-0.3, -0.25) is 4.98 Å². The van der Waals surface area contributed by atoms with E-state index in [9.17, 15) is 5.11 Å². The van der Waals surface area contributed by atoms with Crippen molar-refractivity contribution in [2.75, 3.05) is 5.73 Å². The molecule has 1 aliphatic rings. The van der Waals surface area contributed by atoms with Gasteiger partial charge in [0, 0.05) is 24.0 Å². The fourth-order valence-corrected chi connectivity index (χ4v) is 4.32. The van der Waals surface area contributed by atoms with Crippen LogP contribution in [0.15, 0.2) is 24.5 Å². The Morgan fingerprint density at radius 2 is 2.03 bits per heavy atom. The molecule has 6 N–H and O–H groups in total. The summed E-state index contributed by atoms with van der Waals surface area (Å²) in [5.41, 5.74) is 16.7. The first-order chi connectivity index (χ1) is 13.9. The number of aromatic nitrogens is 4. The lowest BCUT2D eigenvalue weighted by molar-refractivity contribution is 0.237. The van der Waals surface area contributed by atoms with Crippen LogP contribution in [0, 0.1) is 12.3 Å². The number of nitrogens with one attached hydrogen (secondary N) is 1. The summed E-state index contributed by atoms with van der Waals surface area (Å²) in [5.74, 6) is 0.262. The van der Waals surface area contributed by atoms with E-state index in [0.717, 1.165) is 16.6 Å². The molecule has 0 aliphatic heterocycles. The van der Waals surface area contributed by atoms with Crippen LogP contribution in [-0.4, -0.2) is 31.1 Å². The van der Waals surface area contributed by atoms with Gasteiger partial charge in [0.15, 0.2) is 0 Å².